The summed E-state index contributed by atoms with van der Waals surface area (Å²) in [5.74, 6) is 0. The molecule has 1 aliphatic rings. The average Bonchev–Trinajstić information content (AvgIpc) is 2.81. The first-order valence-corrected chi connectivity index (χ1v) is 8.28. The number of benzene rings is 1. The van der Waals surface area contributed by atoms with Crippen LogP contribution in [-0.2, 0) is 10.0 Å². The van der Waals surface area contributed by atoms with Gasteiger partial charge < -0.3 is 5.32 Å². The molecular weight excluding hydrogens is 260 g/mol. The Morgan fingerprint density at radius 3 is 2.79 bits per heavy atom. The van der Waals surface area contributed by atoms with Crippen LogP contribution in [0.25, 0.3) is 0 Å². The number of aryl methyl sites for hydroxylation is 2. The van der Waals surface area contributed by atoms with Gasteiger partial charge in [-0.05, 0) is 51.3 Å². The van der Waals surface area contributed by atoms with Crippen LogP contribution in [0.2, 0.25) is 0 Å². The lowest BCUT2D eigenvalue weighted by Crippen LogP contribution is -2.31. The Bertz CT molecular complexity index is 534. The summed E-state index contributed by atoms with van der Waals surface area (Å²) in [6, 6.07) is 5.87. The van der Waals surface area contributed by atoms with Crippen LogP contribution >= 0.6 is 0 Å². The molecule has 106 valence electrons. The summed E-state index contributed by atoms with van der Waals surface area (Å²) in [6.07, 6.45) is 3.18. The molecule has 0 aromatic heterocycles. The van der Waals surface area contributed by atoms with Gasteiger partial charge in [0.25, 0.3) is 0 Å². The molecule has 4 nitrogen and oxygen atoms in total. The van der Waals surface area contributed by atoms with Crippen LogP contribution in [0.15, 0.2) is 23.1 Å². The highest BCUT2D eigenvalue weighted by Crippen LogP contribution is 2.16. The SMILES string of the molecule is Cc1ccc(S(=O)(=O)NCCC2CCCN2)c(C)c1. The monoisotopic (exact) mass is 282 g/mol. The minimum absolute atomic E-state index is 0.387. The fourth-order valence-electron chi connectivity index (χ4n) is 2.55. The zero-order chi connectivity index (χ0) is 13.9. The molecule has 0 saturated carbocycles. The first-order chi connectivity index (χ1) is 8.99. The van der Waals surface area contributed by atoms with Crippen LogP contribution < -0.4 is 10.0 Å². The van der Waals surface area contributed by atoms with E-state index in [2.05, 4.69) is 10.0 Å². The highest BCUT2D eigenvalue weighted by molar-refractivity contribution is 7.89. The summed E-state index contributed by atoms with van der Waals surface area (Å²) in [5, 5.41) is 3.37. The molecule has 1 unspecified atom stereocenters. The van der Waals surface area contributed by atoms with E-state index >= 15 is 0 Å². The topological polar surface area (TPSA) is 58.2 Å². The van der Waals surface area contributed by atoms with Crippen molar-refractivity contribution in [3.05, 3.63) is 29.3 Å². The molecule has 5 heteroatoms. The van der Waals surface area contributed by atoms with Crippen LogP contribution in [0.1, 0.15) is 30.4 Å². The van der Waals surface area contributed by atoms with E-state index in [1.165, 1.54) is 6.42 Å². The first kappa shape index (κ1) is 14.5. The summed E-state index contributed by atoms with van der Waals surface area (Å²) in [7, 11) is -3.38. The van der Waals surface area contributed by atoms with Gasteiger partial charge in [-0.15, -0.1) is 0 Å². The van der Waals surface area contributed by atoms with Gasteiger partial charge >= 0.3 is 0 Å². The average molecular weight is 282 g/mol. The Balaban J connectivity index is 1.97. The Morgan fingerprint density at radius 2 is 2.16 bits per heavy atom. The van der Waals surface area contributed by atoms with Gasteiger partial charge in [-0.1, -0.05) is 17.7 Å². The number of rotatable bonds is 5. The van der Waals surface area contributed by atoms with E-state index in [-0.39, 0.29) is 0 Å². The summed E-state index contributed by atoms with van der Waals surface area (Å²) in [5.41, 5.74) is 1.87. The predicted octanol–water partition coefficient (Wildman–Crippen LogP) is 1.72. The maximum absolute atomic E-state index is 12.2. The summed E-state index contributed by atoms with van der Waals surface area (Å²) < 4.78 is 27.1. The fourth-order valence-corrected chi connectivity index (χ4v) is 3.82. The van der Waals surface area contributed by atoms with Crippen molar-refractivity contribution in [3.8, 4) is 0 Å². The van der Waals surface area contributed by atoms with Gasteiger partial charge in [-0.3, -0.25) is 0 Å². The summed E-state index contributed by atoms with van der Waals surface area (Å²) in [4.78, 5) is 0.387. The summed E-state index contributed by atoms with van der Waals surface area (Å²) in [6.45, 7) is 5.34. The Morgan fingerprint density at radius 1 is 1.37 bits per heavy atom. The zero-order valence-corrected chi connectivity index (χ0v) is 12.4. The van der Waals surface area contributed by atoms with Crippen molar-refractivity contribution in [2.24, 2.45) is 0 Å². The quantitative estimate of drug-likeness (QED) is 0.864. The van der Waals surface area contributed by atoms with Gasteiger partial charge in [0.1, 0.15) is 0 Å². The van der Waals surface area contributed by atoms with Gasteiger partial charge in [0.2, 0.25) is 10.0 Å². The van der Waals surface area contributed by atoms with E-state index < -0.39 is 10.0 Å². The molecule has 0 spiro atoms. The number of hydrogen-bond acceptors (Lipinski definition) is 3. The third kappa shape index (κ3) is 3.78. The van der Waals surface area contributed by atoms with Crippen molar-refractivity contribution in [1.82, 2.24) is 10.0 Å². The van der Waals surface area contributed by atoms with Crippen molar-refractivity contribution < 1.29 is 8.42 Å². The van der Waals surface area contributed by atoms with E-state index in [1.54, 1.807) is 6.07 Å². The van der Waals surface area contributed by atoms with Crippen LogP contribution in [0.4, 0.5) is 0 Å². The van der Waals surface area contributed by atoms with Crippen molar-refractivity contribution in [3.63, 3.8) is 0 Å². The van der Waals surface area contributed by atoms with Gasteiger partial charge in [-0.2, -0.15) is 0 Å². The molecule has 0 aliphatic carbocycles. The lowest BCUT2D eigenvalue weighted by Gasteiger charge is -2.12. The Labute approximate surface area is 115 Å². The normalized spacial score (nSPS) is 19.8. The van der Waals surface area contributed by atoms with E-state index in [1.807, 2.05) is 26.0 Å². The highest BCUT2D eigenvalue weighted by atomic mass is 32.2. The smallest absolute Gasteiger partial charge is 0.240 e. The van der Waals surface area contributed by atoms with Gasteiger partial charge in [-0.25, -0.2) is 13.1 Å². The molecule has 1 aromatic carbocycles. The van der Waals surface area contributed by atoms with Crippen molar-refractivity contribution in [1.29, 1.82) is 0 Å². The fraction of sp³-hybridized carbons (Fsp3) is 0.571. The molecule has 0 amide bonds. The zero-order valence-electron chi connectivity index (χ0n) is 11.6. The second-order valence-electron chi connectivity index (χ2n) is 5.25. The van der Waals surface area contributed by atoms with E-state index in [0.717, 1.165) is 30.5 Å². The van der Waals surface area contributed by atoms with Crippen molar-refractivity contribution in [2.75, 3.05) is 13.1 Å². The maximum atomic E-state index is 12.2. The van der Waals surface area contributed by atoms with Crippen LogP contribution in [0.5, 0.6) is 0 Å². The molecule has 1 fully saturated rings. The number of sulfonamides is 1. The summed E-state index contributed by atoms with van der Waals surface area (Å²) >= 11 is 0. The molecule has 1 heterocycles. The second-order valence-corrected chi connectivity index (χ2v) is 6.98. The molecule has 1 atom stereocenters. The van der Waals surface area contributed by atoms with E-state index in [9.17, 15) is 8.42 Å². The minimum Gasteiger partial charge on any atom is -0.314 e. The molecule has 2 rings (SSSR count). The highest BCUT2D eigenvalue weighted by Gasteiger charge is 2.18. The minimum atomic E-state index is -3.38. The second kappa shape index (κ2) is 6.03. The maximum Gasteiger partial charge on any atom is 0.240 e. The van der Waals surface area contributed by atoms with Crippen LogP contribution in [0.3, 0.4) is 0 Å². The number of hydrogen-bond donors (Lipinski definition) is 2. The Hall–Kier alpha value is -0.910. The van der Waals surface area contributed by atoms with Crippen LogP contribution in [0, 0.1) is 13.8 Å². The van der Waals surface area contributed by atoms with Crippen LogP contribution in [-0.4, -0.2) is 27.5 Å². The lowest BCUT2D eigenvalue weighted by molar-refractivity contribution is 0.539. The molecule has 19 heavy (non-hydrogen) atoms. The van der Waals surface area contributed by atoms with Gasteiger partial charge in [0.15, 0.2) is 0 Å². The molecule has 0 bridgehead atoms. The predicted molar refractivity (Wildman–Crippen MR) is 76.7 cm³/mol. The lowest BCUT2D eigenvalue weighted by atomic mass is 10.2. The third-order valence-corrected chi connectivity index (χ3v) is 5.19. The molecule has 2 N–H and O–H groups in total. The Kier molecular flexibility index (Phi) is 4.60. The largest absolute Gasteiger partial charge is 0.314 e. The number of nitrogens with one attached hydrogen (secondary N) is 2. The molecular formula is C14H22N2O2S. The molecule has 1 aromatic rings. The van der Waals surface area contributed by atoms with Crippen molar-refractivity contribution in [2.45, 2.75) is 44.0 Å². The van der Waals surface area contributed by atoms with E-state index in [0.29, 0.717) is 17.5 Å². The van der Waals surface area contributed by atoms with Gasteiger partial charge in [0.05, 0.1) is 4.90 Å². The molecule has 1 aliphatic heterocycles. The standard InChI is InChI=1S/C14H22N2O2S/c1-11-5-6-14(12(2)10-11)19(17,18)16-9-7-13-4-3-8-15-13/h5-6,10,13,15-16H,3-4,7-9H2,1-2H3. The van der Waals surface area contributed by atoms with Gasteiger partial charge in [0, 0.05) is 12.6 Å². The first-order valence-electron chi connectivity index (χ1n) is 6.79. The third-order valence-electron chi connectivity index (χ3n) is 3.57. The van der Waals surface area contributed by atoms with E-state index in [4.69, 9.17) is 0 Å². The van der Waals surface area contributed by atoms with Crippen molar-refractivity contribution >= 4 is 10.0 Å². The molecule has 0 radical (unpaired) electrons. The molecule has 1 saturated heterocycles.